The van der Waals surface area contributed by atoms with Gasteiger partial charge in [0.2, 0.25) is 0 Å². The SMILES string of the molecule is Cl.O=C(OC1CCCCCC1)[C@H]1Cc2c(sc3ccccc23)CN1. The fourth-order valence-electron chi connectivity index (χ4n) is 3.78. The van der Waals surface area contributed by atoms with Crippen LogP contribution in [-0.4, -0.2) is 18.1 Å². The Hall–Kier alpha value is -1.10. The normalized spacial score (nSPS) is 21.6. The molecule has 1 saturated carbocycles. The van der Waals surface area contributed by atoms with Gasteiger partial charge in [-0.2, -0.15) is 0 Å². The topological polar surface area (TPSA) is 38.3 Å². The van der Waals surface area contributed by atoms with Crippen molar-refractivity contribution in [3.63, 3.8) is 0 Å². The molecule has 1 aromatic heterocycles. The quantitative estimate of drug-likeness (QED) is 0.624. The average molecular weight is 366 g/mol. The van der Waals surface area contributed by atoms with Crippen molar-refractivity contribution >= 4 is 39.8 Å². The van der Waals surface area contributed by atoms with Crippen LogP contribution in [0.5, 0.6) is 0 Å². The summed E-state index contributed by atoms with van der Waals surface area (Å²) in [5, 5.41) is 4.68. The van der Waals surface area contributed by atoms with E-state index in [1.54, 1.807) is 0 Å². The highest BCUT2D eigenvalue weighted by Crippen LogP contribution is 2.34. The van der Waals surface area contributed by atoms with Crippen molar-refractivity contribution < 1.29 is 9.53 Å². The molecule has 2 heterocycles. The number of halogens is 1. The number of rotatable bonds is 2. The number of benzene rings is 1. The molecule has 1 atom stereocenters. The molecule has 1 aromatic carbocycles. The Morgan fingerprint density at radius 2 is 1.88 bits per heavy atom. The minimum Gasteiger partial charge on any atom is -0.461 e. The second-order valence-corrected chi connectivity index (χ2v) is 7.82. The second-order valence-electron chi connectivity index (χ2n) is 6.69. The van der Waals surface area contributed by atoms with Crippen LogP contribution in [0, 0.1) is 0 Å². The van der Waals surface area contributed by atoms with Crippen molar-refractivity contribution in [3.05, 3.63) is 34.7 Å². The minimum atomic E-state index is -0.191. The van der Waals surface area contributed by atoms with E-state index < -0.39 is 0 Å². The van der Waals surface area contributed by atoms with E-state index in [9.17, 15) is 4.79 Å². The van der Waals surface area contributed by atoms with E-state index in [4.69, 9.17) is 4.74 Å². The number of hydrogen-bond donors (Lipinski definition) is 1. The van der Waals surface area contributed by atoms with E-state index in [-0.39, 0.29) is 30.5 Å². The Morgan fingerprint density at radius 3 is 2.67 bits per heavy atom. The molecular weight excluding hydrogens is 342 g/mol. The van der Waals surface area contributed by atoms with E-state index in [1.807, 2.05) is 11.3 Å². The van der Waals surface area contributed by atoms with E-state index in [2.05, 4.69) is 29.6 Å². The molecule has 0 bridgehead atoms. The van der Waals surface area contributed by atoms with Gasteiger partial charge in [0.15, 0.2) is 0 Å². The van der Waals surface area contributed by atoms with Crippen molar-refractivity contribution in [2.75, 3.05) is 0 Å². The van der Waals surface area contributed by atoms with Gasteiger partial charge in [0.1, 0.15) is 12.1 Å². The summed E-state index contributed by atoms with van der Waals surface area (Å²) in [5.41, 5.74) is 1.34. The zero-order valence-corrected chi connectivity index (χ0v) is 15.4. The van der Waals surface area contributed by atoms with Crippen LogP contribution in [0.4, 0.5) is 0 Å². The first-order chi connectivity index (χ1) is 11.3. The molecule has 0 unspecified atom stereocenters. The zero-order valence-electron chi connectivity index (χ0n) is 13.8. The Labute approximate surface area is 153 Å². The maximum Gasteiger partial charge on any atom is 0.323 e. The molecule has 0 saturated heterocycles. The van der Waals surface area contributed by atoms with Gasteiger partial charge in [-0.25, -0.2) is 0 Å². The molecule has 0 spiro atoms. The van der Waals surface area contributed by atoms with Crippen molar-refractivity contribution in [3.8, 4) is 0 Å². The zero-order chi connectivity index (χ0) is 15.6. The lowest BCUT2D eigenvalue weighted by Gasteiger charge is -2.25. The van der Waals surface area contributed by atoms with Gasteiger partial charge >= 0.3 is 5.97 Å². The number of fused-ring (bicyclic) bond motifs is 3. The van der Waals surface area contributed by atoms with Crippen molar-refractivity contribution in [1.82, 2.24) is 5.32 Å². The fraction of sp³-hybridized carbons (Fsp3) is 0.526. The third-order valence-electron chi connectivity index (χ3n) is 5.07. The molecule has 0 radical (unpaired) electrons. The molecule has 1 fully saturated rings. The fourth-order valence-corrected chi connectivity index (χ4v) is 4.97. The summed E-state index contributed by atoms with van der Waals surface area (Å²) in [7, 11) is 0. The summed E-state index contributed by atoms with van der Waals surface area (Å²) in [6.45, 7) is 0.777. The number of hydrogen-bond acceptors (Lipinski definition) is 4. The van der Waals surface area contributed by atoms with E-state index in [1.165, 1.54) is 46.2 Å². The summed E-state index contributed by atoms with van der Waals surface area (Å²) in [5.74, 6) is -0.0576. The number of thiophene rings is 1. The van der Waals surface area contributed by atoms with Crippen molar-refractivity contribution in [1.29, 1.82) is 0 Å². The van der Waals surface area contributed by atoms with E-state index in [0.717, 1.165) is 25.8 Å². The van der Waals surface area contributed by atoms with Gasteiger partial charge in [-0.05, 0) is 42.7 Å². The Kier molecular flexibility index (Phi) is 5.80. The van der Waals surface area contributed by atoms with Crippen LogP contribution in [0.3, 0.4) is 0 Å². The van der Waals surface area contributed by atoms with Crippen LogP contribution in [-0.2, 0) is 22.5 Å². The third-order valence-corrected chi connectivity index (χ3v) is 6.28. The molecule has 2 aromatic rings. The molecule has 4 rings (SSSR count). The first-order valence-corrected chi connectivity index (χ1v) is 9.56. The highest BCUT2D eigenvalue weighted by molar-refractivity contribution is 7.19. The van der Waals surface area contributed by atoms with Crippen molar-refractivity contribution in [2.45, 2.75) is 63.6 Å². The molecule has 130 valence electrons. The lowest BCUT2D eigenvalue weighted by atomic mass is 9.99. The Bertz CT molecular complexity index is 706. The Balaban J connectivity index is 0.00000169. The lowest BCUT2D eigenvalue weighted by Crippen LogP contribution is -2.43. The van der Waals surface area contributed by atoms with Crippen LogP contribution >= 0.6 is 23.7 Å². The predicted molar refractivity (Wildman–Crippen MR) is 101 cm³/mol. The van der Waals surface area contributed by atoms with E-state index in [0.29, 0.717) is 0 Å². The molecule has 3 nitrogen and oxygen atoms in total. The van der Waals surface area contributed by atoms with Crippen LogP contribution in [0.2, 0.25) is 0 Å². The van der Waals surface area contributed by atoms with Crippen LogP contribution in [0.25, 0.3) is 10.1 Å². The number of ether oxygens (including phenoxy) is 1. The average Bonchev–Trinajstić information content (AvgIpc) is 2.74. The molecule has 0 amide bonds. The maximum atomic E-state index is 12.6. The maximum absolute atomic E-state index is 12.6. The lowest BCUT2D eigenvalue weighted by molar-refractivity contribution is -0.152. The number of carbonyl (C=O) groups excluding carboxylic acids is 1. The summed E-state index contributed by atoms with van der Waals surface area (Å²) in [6.07, 6.45) is 7.89. The van der Waals surface area contributed by atoms with Crippen LogP contribution in [0.1, 0.15) is 49.0 Å². The van der Waals surface area contributed by atoms with Gasteiger partial charge in [0.25, 0.3) is 0 Å². The van der Waals surface area contributed by atoms with Gasteiger partial charge < -0.3 is 4.74 Å². The summed E-state index contributed by atoms with van der Waals surface area (Å²) < 4.78 is 7.13. The molecule has 1 aliphatic carbocycles. The summed E-state index contributed by atoms with van der Waals surface area (Å²) in [4.78, 5) is 13.9. The first kappa shape index (κ1) is 17.7. The van der Waals surface area contributed by atoms with Crippen LogP contribution in [0.15, 0.2) is 24.3 Å². The predicted octanol–water partition coefficient (Wildman–Crippen LogP) is 4.60. The largest absolute Gasteiger partial charge is 0.461 e. The number of carbonyl (C=O) groups is 1. The summed E-state index contributed by atoms with van der Waals surface area (Å²) >= 11 is 1.84. The summed E-state index contributed by atoms with van der Waals surface area (Å²) in [6, 6.07) is 8.30. The standard InChI is InChI=1S/C19H23NO2S.ClH/c21-19(22-13-7-3-1-2-4-8-13)16-11-15-14-9-5-6-10-17(14)23-18(15)12-20-16;/h5-6,9-10,13,16,20H,1-4,7-8,11-12H2;1H/t16-;/m1./s1. The molecule has 2 aliphatic rings. The molecule has 1 aliphatic heterocycles. The van der Waals surface area contributed by atoms with Crippen LogP contribution < -0.4 is 5.32 Å². The highest BCUT2D eigenvalue weighted by Gasteiger charge is 2.29. The third kappa shape index (κ3) is 3.61. The first-order valence-electron chi connectivity index (χ1n) is 8.74. The molecule has 24 heavy (non-hydrogen) atoms. The monoisotopic (exact) mass is 365 g/mol. The van der Waals surface area contributed by atoms with Gasteiger partial charge in [0, 0.05) is 22.5 Å². The number of nitrogens with one attached hydrogen (secondary N) is 1. The van der Waals surface area contributed by atoms with E-state index >= 15 is 0 Å². The molecule has 1 N–H and O–H groups in total. The Morgan fingerprint density at radius 1 is 1.12 bits per heavy atom. The minimum absolute atomic E-state index is 0. The molecular formula is C19H24ClNO2S. The highest BCUT2D eigenvalue weighted by atomic mass is 35.5. The smallest absolute Gasteiger partial charge is 0.323 e. The molecule has 5 heteroatoms. The van der Waals surface area contributed by atoms with Gasteiger partial charge in [-0.3, -0.25) is 10.1 Å². The van der Waals surface area contributed by atoms with Gasteiger partial charge in [-0.1, -0.05) is 31.0 Å². The van der Waals surface area contributed by atoms with Crippen molar-refractivity contribution in [2.24, 2.45) is 0 Å². The van der Waals surface area contributed by atoms with Gasteiger partial charge in [-0.15, -0.1) is 23.7 Å². The van der Waals surface area contributed by atoms with Gasteiger partial charge in [0.05, 0.1) is 0 Å². The second kappa shape index (κ2) is 7.85. The number of esters is 1.